The van der Waals surface area contributed by atoms with E-state index in [1.54, 1.807) is 0 Å². The number of nitrogens with zero attached hydrogens (tertiary/aromatic N) is 1. The van der Waals surface area contributed by atoms with E-state index in [0.29, 0.717) is 6.04 Å². The Balaban J connectivity index is 1.92. The minimum Gasteiger partial charge on any atom is -0.469 e. The Hall–Kier alpha value is -1.56. The fourth-order valence-corrected chi connectivity index (χ4v) is 4.19. The molecule has 0 N–H and O–H groups in total. The lowest BCUT2D eigenvalue weighted by molar-refractivity contribution is -0.150. The van der Waals surface area contributed by atoms with Crippen molar-refractivity contribution in [3.05, 3.63) is 35.4 Å². The van der Waals surface area contributed by atoms with Crippen molar-refractivity contribution in [3.8, 4) is 0 Å². The van der Waals surface area contributed by atoms with Crippen molar-refractivity contribution in [2.24, 2.45) is 5.92 Å². The van der Waals surface area contributed by atoms with E-state index >= 15 is 0 Å². The van der Waals surface area contributed by atoms with Crippen LogP contribution in [0.2, 0.25) is 0 Å². The highest BCUT2D eigenvalue weighted by Crippen LogP contribution is 2.46. The van der Waals surface area contributed by atoms with Gasteiger partial charge in [0.25, 0.3) is 0 Å². The van der Waals surface area contributed by atoms with Crippen LogP contribution in [-0.4, -0.2) is 37.1 Å². The summed E-state index contributed by atoms with van der Waals surface area (Å²) in [6, 6.07) is 5.71. The van der Waals surface area contributed by atoms with Crippen LogP contribution in [0.1, 0.15) is 36.3 Å². The van der Waals surface area contributed by atoms with Crippen LogP contribution < -0.4 is 0 Å². The molecule has 23 heavy (non-hydrogen) atoms. The number of fused-ring (bicyclic) bond motifs is 2. The van der Waals surface area contributed by atoms with Gasteiger partial charge in [-0.3, -0.25) is 9.69 Å². The summed E-state index contributed by atoms with van der Waals surface area (Å²) in [6.07, 6.45) is -1.62. The van der Waals surface area contributed by atoms with Gasteiger partial charge in [-0.2, -0.15) is 13.2 Å². The van der Waals surface area contributed by atoms with E-state index < -0.39 is 11.7 Å². The molecule has 2 aliphatic rings. The van der Waals surface area contributed by atoms with Gasteiger partial charge in [-0.15, -0.1) is 0 Å². The maximum Gasteiger partial charge on any atom is 0.416 e. The van der Waals surface area contributed by atoms with Crippen molar-refractivity contribution in [2.75, 3.05) is 14.2 Å². The minimum absolute atomic E-state index is 0.0848. The first-order valence-corrected chi connectivity index (χ1v) is 7.80. The van der Waals surface area contributed by atoms with Crippen LogP contribution in [-0.2, 0) is 15.7 Å². The number of ether oxygens (including phenoxy) is 1. The number of carbonyl (C=O) groups is 1. The van der Waals surface area contributed by atoms with Gasteiger partial charge >= 0.3 is 12.1 Å². The zero-order chi connectivity index (χ0) is 16.8. The van der Waals surface area contributed by atoms with Crippen LogP contribution in [0, 0.1) is 5.92 Å². The predicted molar refractivity (Wildman–Crippen MR) is 78.9 cm³/mol. The molecule has 0 amide bonds. The Morgan fingerprint density at radius 3 is 2.43 bits per heavy atom. The summed E-state index contributed by atoms with van der Waals surface area (Å²) >= 11 is 0. The largest absolute Gasteiger partial charge is 0.469 e. The number of benzene rings is 1. The highest BCUT2D eigenvalue weighted by atomic mass is 19.4. The fourth-order valence-electron chi connectivity index (χ4n) is 4.19. The molecule has 6 heteroatoms. The van der Waals surface area contributed by atoms with Gasteiger partial charge < -0.3 is 4.74 Å². The molecule has 1 unspecified atom stereocenters. The second-order valence-electron chi connectivity index (χ2n) is 6.47. The molecule has 2 aliphatic heterocycles. The van der Waals surface area contributed by atoms with E-state index in [1.807, 2.05) is 7.05 Å². The van der Waals surface area contributed by atoms with E-state index in [0.717, 1.165) is 37.0 Å². The average Bonchev–Trinajstić information content (AvgIpc) is 2.75. The van der Waals surface area contributed by atoms with E-state index in [4.69, 9.17) is 4.74 Å². The normalized spacial score (nSPS) is 31.2. The van der Waals surface area contributed by atoms with Gasteiger partial charge in [0.15, 0.2) is 0 Å². The van der Waals surface area contributed by atoms with Gasteiger partial charge in [-0.05, 0) is 44.0 Å². The third-order valence-corrected chi connectivity index (χ3v) is 5.41. The molecule has 3 nitrogen and oxygen atoms in total. The van der Waals surface area contributed by atoms with E-state index in [1.165, 1.54) is 19.2 Å². The van der Waals surface area contributed by atoms with Crippen LogP contribution in [0.5, 0.6) is 0 Å². The number of esters is 1. The number of rotatable bonds is 2. The molecule has 0 aromatic heterocycles. The fraction of sp³-hybridized carbons (Fsp3) is 0.588. The molecule has 2 bridgehead atoms. The van der Waals surface area contributed by atoms with Gasteiger partial charge in [-0.1, -0.05) is 12.1 Å². The molecular weight excluding hydrogens is 307 g/mol. The van der Waals surface area contributed by atoms with Gasteiger partial charge in [0.1, 0.15) is 0 Å². The number of piperidine rings is 1. The van der Waals surface area contributed by atoms with Crippen LogP contribution in [0.3, 0.4) is 0 Å². The number of methoxy groups -OCH3 is 1. The third-order valence-electron chi connectivity index (χ3n) is 5.41. The molecule has 1 aromatic carbocycles. The first kappa shape index (κ1) is 16.3. The van der Waals surface area contributed by atoms with Gasteiger partial charge in [0.2, 0.25) is 0 Å². The quantitative estimate of drug-likeness (QED) is 0.779. The van der Waals surface area contributed by atoms with Crippen molar-refractivity contribution < 1.29 is 22.7 Å². The summed E-state index contributed by atoms with van der Waals surface area (Å²) in [5, 5.41) is 0. The molecule has 0 spiro atoms. The SMILES string of the molecule is COC(=O)[C@@H]1C2CC[C@H](C[C@@H]1c1ccc(C(F)(F)F)cc1)N2C. The summed E-state index contributed by atoms with van der Waals surface area (Å²) in [5.74, 6) is -0.675. The maximum atomic E-state index is 12.7. The zero-order valence-electron chi connectivity index (χ0n) is 13.1. The average molecular weight is 327 g/mol. The summed E-state index contributed by atoms with van der Waals surface area (Å²) in [4.78, 5) is 14.5. The number of alkyl halides is 3. The Kier molecular flexibility index (Phi) is 4.12. The Labute approximate surface area is 133 Å². The Morgan fingerprint density at radius 2 is 1.87 bits per heavy atom. The van der Waals surface area contributed by atoms with Crippen LogP contribution in [0.4, 0.5) is 13.2 Å². The van der Waals surface area contributed by atoms with Crippen LogP contribution in [0.15, 0.2) is 24.3 Å². The first-order chi connectivity index (χ1) is 10.8. The number of halogens is 3. The topological polar surface area (TPSA) is 29.5 Å². The van der Waals surface area contributed by atoms with Crippen molar-refractivity contribution in [3.63, 3.8) is 0 Å². The minimum atomic E-state index is -4.34. The van der Waals surface area contributed by atoms with Gasteiger partial charge in [0.05, 0.1) is 18.6 Å². The summed E-state index contributed by atoms with van der Waals surface area (Å²) in [6.45, 7) is 0. The summed E-state index contributed by atoms with van der Waals surface area (Å²) < 4.78 is 43.2. The van der Waals surface area contributed by atoms with Crippen molar-refractivity contribution in [1.29, 1.82) is 0 Å². The predicted octanol–water partition coefficient (Wildman–Crippen LogP) is 3.44. The molecule has 2 heterocycles. The lowest BCUT2D eigenvalue weighted by atomic mass is 9.76. The standard InChI is InChI=1S/C17H20F3NO2/c1-21-12-7-8-14(21)15(16(22)23-2)13(9-12)10-3-5-11(6-4-10)17(18,19)20/h3-6,12-15H,7-9H2,1-2H3/t12-,13-,14?,15+/m1/s1. The van der Waals surface area contributed by atoms with E-state index in [2.05, 4.69) is 4.90 Å². The van der Waals surface area contributed by atoms with Crippen LogP contribution in [0.25, 0.3) is 0 Å². The van der Waals surface area contributed by atoms with Crippen molar-refractivity contribution in [2.45, 2.75) is 43.4 Å². The number of carbonyl (C=O) groups excluding carboxylic acids is 1. The maximum absolute atomic E-state index is 12.7. The number of hydrogen-bond donors (Lipinski definition) is 0. The van der Waals surface area contributed by atoms with Crippen molar-refractivity contribution in [1.82, 2.24) is 4.90 Å². The highest BCUT2D eigenvalue weighted by molar-refractivity contribution is 5.75. The molecule has 1 aromatic rings. The smallest absolute Gasteiger partial charge is 0.416 e. The molecule has 3 rings (SSSR count). The molecule has 4 atom stereocenters. The van der Waals surface area contributed by atoms with E-state index in [-0.39, 0.29) is 23.8 Å². The monoisotopic (exact) mass is 327 g/mol. The zero-order valence-corrected chi connectivity index (χ0v) is 13.1. The van der Waals surface area contributed by atoms with Crippen LogP contribution >= 0.6 is 0 Å². The Bertz CT molecular complexity index is 584. The van der Waals surface area contributed by atoms with E-state index in [9.17, 15) is 18.0 Å². The lowest BCUT2D eigenvalue weighted by Crippen LogP contribution is -2.49. The molecule has 0 aliphatic carbocycles. The first-order valence-electron chi connectivity index (χ1n) is 7.80. The lowest BCUT2D eigenvalue weighted by Gasteiger charge is -2.41. The molecule has 2 fully saturated rings. The Morgan fingerprint density at radius 1 is 1.22 bits per heavy atom. The molecular formula is C17H20F3NO2. The third kappa shape index (κ3) is 2.84. The van der Waals surface area contributed by atoms with Gasteiger partial charge in [-0.25, -0.2) is 0 Å². The summed E-state index contributed by atoms with van der Waals surface area (Å²) in [7, 11) is 3.38. The molecule has 0 radical (unpaired) electrons. The highest BCUT2D eigenvalue weighted by Gasteiger charge is 2.49. The second kappa shape index (κ2) is 5.82. The second-order valence-corrected chi connectivity index (χ2v) is 6.47. The van der Waals surface area contributed by atoms with Crippen molar-refractivity contribution >= 4 is 5.97 Å². The molecule has 2 saturated heterocycles. The van der Waals surface area contributed by atoms with Gasteiger partial charge in [0, 0.05) is 18.0 Å². The molecule has 0 saturated carbocycles. The number of hydrogen-bond acceptors (Lipinski definition) is 3. The summed E-state index contributed by atoms with van der Waals surface area (Å²) in [5.41, 5.74) is 0.130. The molecule has 126 valence electrons.